The van der Waals surface area contributed by atoms with Crippen LogP contribution in [0.3, 0.4) is 0 Å². The van der Waals surface area contributed by atoms with E-state index in [1.807, 2.05) is 13.0 Å². The van der Waals surface area contributed by atoms with Gasteiger partial charge in [-0.05, 0) is 40.9 Å². The molecule has 1 rings (SSSR count). The van der Waals surface area contributed by atoms with Crippen LogP contribution >= 0.6 is 15.9 Å². The summed E-state index contributed by atoms with van der Waals surface area (Å²) < 4.78 is 0.564. The normalized spacial score (nSPS) is 12.5. The molecule has 1 atom stereocenters. The van der Waals surface area contributed by atoms with Gasteiger partial charge in [-0.2, -0.15) is 0 Å². The van der Waals surface area contributed by atoms with Crippen molar-refractivity contribution in [2.45, 2.75) is 26.3 Å². The number of nitrogens with two attached hydrogens (primary N) is 1. The number of phenols is 1. The van der Waals surface area contributed by atoms with Crippen LogP contribution in [0.25, 0.3) is 0 Å². The molecule has 16 heavy (non-hydrogen) atoms. The predicted octanol–water partition coefficient (Wildman–Crippen LogP) is 2.25. The van der Waals surface area contributed by atoms with Gasteiger partial charge in [0.15, 0.2) is 0 Å². The molecule has 1 aromatic carbocycles. The topological polar surface area (TPSA) is 83.6 Å². The number of carbonyl (C=O) groups is 1. The molecule has 0 saturated heterocycles. The van der Waals surface area contributed by atoms with Crippen molar-refractivity contribution in [1.82, 2.24) is 0 Å². The summed E-state index contributed by atoms with van der Waals surface area (Å²) >= 11 is 3.25. The molecular weight excluding hydrogens is 274 g/mol. The summed E-state index contributed by atoms with van der Waals surface area (Å²) in [6, 6.07) is 1.16. The van der Waals surface area contributed by atoms with E-state index in [1.165, 1.54) is 0 Å². The van der Waals surface area contributed by atoms with Crippen LogP contribution in [-0.4, -0.2) is 16.2 Å². The molecule has 4 nitrogen and oxygen atoms in total. The first-order valence-electron chi connectivity index (χ1n) is 4.80. The number of rotatable bonds is 3. The summed E-state index contributed by atoms with van der Waals surface area (Å²) in [6.45, 7) is 3.65. The van der Waals surface area contributed by atoms with Gasteiger partial charge in [0.1, 0.15) is 5.75 Å². The highest BCUT2D eigenvalue weighted by atomic mass is 79.9. The van der Waals surface area contributed by atoms with Crippen LogP contribution in [0.5, 0.6) is 5.75 Å². The Morgan fingerprint density at radius 3 is 2.56 bits per heavy atom. The number of aryl methyl sites for hydroxylation is 2. The molecule has 0 aliphatic rings. The number of hydrogen-bond donors (Lipinski definition) is 3. The van der Waals surface area contributed by atoms with E-state index in [2.05, 4.69) is 15.9 Å². The van der Waals surface area contributed by atoms with Crippen LogP contribution in [0.2, 0.25) is 0 Å². The van der Waals surface area contributed by atoms with Crippen molar-refractivity contribution < 1.29 is 15.0 Å². The highest BCUT2D eigenvalue weighted by molar-refractivity contribution is 9.10. The van der Waals surface area contributed by atoms with E-state index in [0.29, 0.717) is 10.0 Å². The zero-order valence-corrected chi connectivity index (χ0v) is 10.7. The first-order valence-corrected chi connectivity index (χ1v) is 5.59. The molecule has 0 fully saturated rings. The molecule has 1 unspecified atom stereocenters. The van der Waals surface area contributed by atoms with Gasteiger partial charge in [-0.1, -0.05) is 6.07 Å². The Kier molecular flexibility index (Phi) is 3.93. The highest BCUT2D eigenvalue weighted by Crippen LogP contribution is 2.37. The quantitative estimate of drug-likeness (QED) is 0.796. The largest absolute Gasteiger partial charge is 0.506 e. The van der Waals surface area contributed by atoms with Gasteiger partial charge in [0, 0.05) is 11.6 Å². The lowest BCUT2D eigenvalue weighted by Crippen LogP contribution is -2.16. The Balaban J connectivity index is 3.23. The number of phenolic OH excluding ortho intramolecular Hbond substituents is 1. The van der Waals surface area contributed by atoms with E-state index in [4.69, 9.17) is 10.8 Å². The summed E-state index contributed by atoms with van der Waals surface area (Å²) in [6.07, 6.45) is -0.204. The number of carboxylic acids is 1. The van der Waals surface area contributed by atoms with Crippen LogP contribution in [0.4, 0.5) is 0 Å². The molecule has 0 aromatic heterocycles. The van der Waals surface area contributed by atoms with Gasteiger partial charge in [0.05, 0.1) is 10.9 Å². The molecule has 0 amide bonds. The molecule has 0 spiro atoms. The third kappa shape index (κ3) is 2.54. The molecule has 1 aromatic rings. The number of carboxylic acid groups (broad SMARTS) is 1. The van der Waals surface area contributed by atoms with Crippen LogP contribution in [0.15, 0.2) is 10.5 Å². The number of benzene rings is 1. The predicted molar refractivity (Wildman–Crippen MR) is 64.5 cm³/mol. The van der Waals surface area contributed by atoms with Gasteiger partial charge in [0.2, 0.25) is 0 Å². The second-order valence-electron chi connectivity index (χ2n) is 3.79. The fourth-order valence-corrected chi connectivity index (χ4v) is 2.04. The van der Waals surface area contributed by atoms with Crippen LogP contribution < -0.4 is 5.73 Å². The average molecular weight is 288 g/mol. The molecule has 0 heterocycles. The molecule has 88 valence electrons. The Labute approximate surface area is 102 Å². The first-order chi connectivity index (χ1) is 7.34. The van der Waals surface area contributed by atoms with E-state index in [9.17, 15) is 9.90 Å². The second kappa shape index (κ2) is 4.84. The van der Waals surface area contributed by atoms with Gasteiger partial charge in [-0.25, -0.2) is 0 Å². The number of aliphatic carboxylic acids is 1. The van der Waals surface area contributed by atoms with Gasteiger partial charge < -0.3 is 15.9 Å². The summed E-state index contributed by atoms with van der Waals surface area (Å²) in [5.74, 6) is -0.950. The van der Waals surface area contributed by atoms with Crippen molar-refractivity contribution in [3.63, 3.8) is 0 Å². The second-order valence-corrected chi connectivity index (χ2v) is 4.58. The maximum atomic E-state index is 10.6. The molecule has 5 heteroatoms. The number of halogens is 1. The molecule has 0 aliphatic heterocycles. The molecule has 4 N–H and O–H groups in total. The van der Waals surface area contributed by atoms with E-state index in [0.717, 1.165) is 11.1 Å². The van der Waals surface area contributed by atoms with Crippen LogP contribution in [0, 0.1) is 13.8 Å². The van der Waals surface area contributed by atoms with Crippen LogP contribution in [0.1, 0.15) is 29.2 Å². The molecule has 0 radical (unpaired) electrons. The standard InChI is InChI=1S/C11H14BrNO3/c1-5-3-6(2)10(12)11(16)9(5)7(13)4-8(14)15/h3,7,16H,4,13H2,1-2H3,(H,14,15). The monoisotopic (exact) mass is 287 g/mol. The lowest BCUT2D eigenvalue weighted by molar-refractivity contribution is -0.137. The number of aromatic hydroxyl groups is 1. The van der Waals surface area contributed by atoms with Crippen molar-refractivity contribution in [2.75, 3.05) is 0 Å². The molecular formula is C11H14BrNO3. The van der Waals surface area contributed by atoms with E-state index in [-0.39, 0.29) is 12.2 Å². The first kappa shape index (κ1) is 13.0. The van der Waals surface area contributed by atoms with Gasteiger partial charge in [-0.3, -0.25) is 4.79 Å². The van der Waals surface area contributed by atoms with Crippen molar-refractivity contribution in [2.24, 2.45) is 5.73 Å². The molecule has 0 bridgehead atoms. The average Bonchev–Trinajstić information content (AvgIpc) is 2.13. The summed E-state index contributed by atoms with van der Waals surface area (Å²) in [5.41, 5.74) is 7.93. The Morgan fingerprint density at radius 1 is 1.50 bits per heavy atom. The van der Waals surface area contributed by atoms with Crippen molar-refractivity contribution in [1.29, 1.82) is 0 Å². The minimum absolute atomic E-state index is 0.0336. The highest BCUT2D eigenvalue weighted by Gasteiger charge is 2.19. The maximum absolute atomic E-state index is 10.6. The smallest absolute Gasteiger partial charge is 0.305 e. The maximum Gasteiger partial charge on any atom is 0.305 e. The minimum atomic E-state index is -0.983. The lowest BCUT2D eigenvalue weighted by Gasteiger charge is -2.17. The Hall–Kier alpha value is -1.07. The summed E-state index contributed by atoms with van der Waals surface area (Å²) in [4.78, 5) is 10.6. The van der Waals surface area contributed by atoms with Gasteiger partial charge >= 0.3 is 5.97 Å². The van der Waals surface area contributed by atoms with E-state index < -0.39 is 12.0 Å². The fourth-order valence-electron chi connectivity index (χ4n) is 1.72. The van der Waals surface area contributed by atoms with Gasteiger partial charge in [0.25, 0.3) is 0 Å². The molecule has 0 aliphatic carbocycles. The Bertz CT molecular complexity index is 432. The summed E-state index contributed by atoms with van der Waals surface area (Å²) in [5, 5.41) is 18.6. The van der Waals surface area contributed by atoms with Crippen molar-refractivity contribution in [3.05, 3.63) is 27.2 Å². The van der Waals surface area contributed by atoms with Crippen LogP contribution in [-0.2, 0) is 4.79 Å². The Morgan fingerprint density at radius 2 is 2.06 bits per heavy atom. The molecule has 0 saturated carbocycles. The van der Waals surface area contributed by atoms with E-state index >= 15 is 0 Å². The fraction of sp³-hybridized carbons (Fsp3) is 0.364. The zero-order chi connectivity index (χ0) is 12.5. The van der Waals surface area contributed by atoms with E-state index in [1.54, 1.807) is 6.92 Å². The van der Waals surface area contributed by atoms with Crippen molar-refractivity contribution in [3.8, 4) is 5.75 Å². The summed E-state index contributed by atoms with van der Waals surface area (Å²) in [7, 11) is 0. The van der Waals surface area contributed by atoms with Crippen molar-refractivity contribution >= 4 is 21.9 Å². The third-order valence-electron chi connectivity index (χ3n) is 2.43. The third-order valence-corrected chi connectivity index (χ3v) is 3.43. The SMILES string of the molecule is Cc1cc(C)c(C(N)CC(=O)O)c(O)c1Br. The number of hydrogen-bond acceptors (Lipinski definition) is 3. The zero-order valence-electron chi connectivity index (χ0n) is 9.12. The minimum Gasteiger partial charge on any atom is -0.506 e. The van der Waals surface area contributed by atoms with Gasteiger partial charge in [-0.15, -0.1) is 0 Å². The lowest BCUT2D eigenvalue weighted by atomic mass is 9.96.